The van der Waals surface area contributed by atoms with Gasteiger partial charge in [0, 0.05) is 25.5 Å². The molecule has 0 radical (unpaired) electrons. The minimum absolute atomic E-state index is 0.274. The van der Waals surface area contributed by atoms with Crippen molar-refractivity contribution in [1.29, 1.82) is 0 Å². The molecule has 142 valence electrons. The summed E-state index contributed by atoms with van der Waals surface area (Å²) in [6.45, 7) is 0.454. The summed E-state index contributed by atoms with van der Waals surface area (Å²) < 4.78 is 19.1. The zero-order valence-electron chi connectivity index (χ0n) is 14.8. The molecule has 0 bridgehead atoms. The number of carboxylic acids is 1. The van der Waals surface area contributed by atoms with Crippen molar-refractivity contribution in [2.24, 2.45) is 0 Å². The highest BCUT2D eigenvalue weighted by Gasteiger charge is 2.23. The van der Waals surface area contributed by atoms with Crippen molar-refractivity contribution in [1.82, 2.24) is 4.98 Å². The third-order valence-corrected chi connectivity index (χ3v) is 4.16. The molecule has 0 aliphatic carbocycles. The summed E-state index contributed by atoms with van der Waals surface area (Å²) >= 11 is 5.56. The van der Waals surface area contributed by atoms with Crippen LogP contribution >= 0.6 is 11.6 Å². The van der Waals surface area contributed by atoms with Crippen LogP contribution in [0.25, 0.3) is 0 Å². The first-order valence-electron chi connectivity index (χ1n) is 7.98. The van der Waals surface area contributed by atoms with Gasteiger partial charge in [0.2, 0.25) is 5.78 Å². The number of pyridine rings is 1. The number of carboxylic acid groups (broad SMARTS) is 1. The molecule has 1 N–H and O–H groups in total. The van der Waals surface area contributed by atoms with Crippen molar-refractivity contribution in [2.45, 2.75) is 6.42 Å². The first-order chi connectivity index (χ1) is 12.8. The molecule has 0 spiro atoms. The molecular weight excluding hydrogens is 375 g/mol. The second-order valence-electron chi connectivity index (χ2n) is 5.62. The number of anilines is 1. The minimum atomic E-state index is -1.43. The van der Waals surface area contributed by atoms with Gasteiger partial charge in [0.15, 0.2) is 11.0 Å². The minimum Gasteiger partial charge on any atom is -0.497 e. The van der Waals surface area contributed by atoms with E-state index in [1.165, 1.54) is 6.08 Å². The number of methoxy groups -OCH3 is 1. The number of ketones is 1. The topological polar surface area (TPSA) is 79.7 Å². The average Bonchev–Trinajstić information content (AvgIpc) is 2.66. The van der Waals surface area contributed by atoms with Gasteiger partial charge in [-0.05, 0) is 36.8 Å². The van der Waals surface area contributed by atoms with Gasteiger partial charge >= 0.3 is 5.97 Å². The fraction of sp³-hybridized carbons (Fsp3) is 0.211. The highest BCUT2D eigenvalue weighted by atomic mass is 35.5. The number of aliphatic carboxylic acids is 1. The van der Waals surface area contributed by atoms with Crippen LogP contribution in [0.1, 0.15) is 16.8 Å². The van der Waals surface area contributed by atoms with E-state index in [0.29, 0.717) is 6.54 Å². The number of benzene rings is 1. The van der Waals surface area contributed by atoms with E-state index in [0.717, 1.165) is 23.7 Å². The maximum Gasteiger partial charge on any atom is 0.339 e. The van der Waals surface area contributed by atoms with E-state index in [1.54, 1.807) is 7.11 Å². The van der Waals surface area contributed by atoms with Crippen LogP contribution in [-0.4, -0.2) is 42.5 Å². The van der Waals surface area contributed by atoms with Crippen molar-refractivity contribution in [2.75, 3.05) is 25.6 Å². The third-order valence-electron chi connectivity index (χ3n) is 3.89. The number of halogens is 2. The predicted molar refractivity (Wildman–Crippen MR) is 100 cm³/mol. The van der Waals surface area contributed by atoms with Gasteiger partial charge in [-0.25, -0.2) is 14.2 Å². The summed E-state index contributed by atoms with van der Waals surface area (Å²) in [5, 5.41) is 8.84. The Morgan fingerprint density at radius 2 is 1.96 bits per heavy atom. The lowest BCUT2D eigenvalue weighted by atomic mass is 10.0. The third kappa shape index (κ3) is 5.04. The van der Waals surface area contributed by atoms with E-state index < -0.39 is 33.9 Å². The summed E-state index contributed by atoms with van der Waals surface area (Å²) in [5.41, 5.74) is -0.0363. The molecule has 0 amide bonds. The highest BCUT2D eigenvalue weighted by molar-refractivity contribution is 6.30. The predicted octanol–water partition coefficient (Wildman–Crippen LogP) is 3.60. The molecular formula is C19H18ClFN2O4. The van der Waals surface area contributed by atoms with Crippen molar-refractivity contribution >= 4 is 29.0 Å². The Hall–Kier alpha value is -2.93. The van der Waals surface area contributed by atoms with E-state index >= 15 is 0 Å². The van der Waals surface area contributed by atoms with Gasteiger partial charge in [-0.1, -0.05) is 17.7 Å². The normalized spacial score (nSPS) is 11.2. The molecule has 1 aromatic carbocycles. The first-order valence-corrected chi connectivity index (χ1v) is 8.36. The second kappa shape index (κ2) is 9.14. The number of hydrogen-bond acceptors (Lipinski definition) is 5. The Bertz CT molecular complexity index is 869. The number of carbonyl (C=O) groups excluding carboxylic acids is 1. The number of rotatable bonds is 8. The van der Waals surface area contributed by atoms with Gasteiger partial charge < -0.3 is 14.7 Å². The molecule has 0 saturated heterocycles. The van der Waals surface area contributed by atoms with Crippen LogP contribution in [0, 0.1) is 5.82 Å². The number of nitrogens with zero attached hydrogens (tertiary/aromatic N) is 2. The lowest BCUT2D eigenvalue weighted by molar-refractivity contribution is -0.132. The Morgan fingerprint density at radius 3 is 2.56 bits per heavy atom. The lowest BCUT2D eigenvalue weighted by Gasteiger charge is -2.18. The van der Waals surface area contributed by atoms with E-state index in [2.05, 4.69) is 4.98 Å². The van der Waals surface area contributed by atoms with E-state index in [1.807, 2.05) is 36.2 Å². The molecule has 1 aromatic heterocycles. The molecule has 27 heavy (non-hydrogen) atoms. The molecule has 2 rings (SSSR count). The molecule has 2 aromatic rings. The summed E-state index contributed by atoms with van der Waals surface area (Å²) in [6, 6.07) is 8.44. The van der Waals surface area contributed by atoms with Gasteiger partial charge in [0.1, 0.15) is 11.3 Å². The number of aromatic nitrogens is 1. The zero-order chi connectivity index (χ0) is 20.0. The van der Waals surface area contributed by atoms with Gasteiger partial charge in [0.25, 0.3) is 0 Å². The van der Waals surface area contributed by atoms with Gasteiger partial charge in [-0.15, -0.1) is 0 Å². The van der Waals surface area contributed by atoms with Crippen LogP contribution in [0.4, 0.5) is 10.1 Å². The fourth-order valence-corrected chi connectivity index (χ4v) is 2.54. The number of ether oxygens (including phenoxy) is 1. The van der Waals surface area contributed by atoms with Crippen LogP contribution in [0.2, 0.25) is 5.15 Å². The highest BCUT2D eigenvalue weighted by Crippen LogP contribution is 2.20. The van der Waals surface area contributed by atoms with Crippen molar-refractivity contribution < 1.29 is 23.8 Å². The monoisotopic (exact) mass is 392 g/mol. The largest absolute Gasteiger partial charge is 0.497 e. The van der Waals surface area contributed by atoms with Crippen molar-refractivity contribution in [3.05, 3.63) is 64.7 Å². The van der Waals surface area contributed by atoms with Gasteiger partial charge in [-0.2, -0.15) is 0 Å². The lowest BCUT2D eigenvalue weighted by Crippen LogP contribution is -2.19. The summed E-state index contributed by atoms with van der Waals surface area (Å²) in [5.74, 6) is -2.69. The van der Waals surface area contributed by atoms with E-state index in [9.17, 15) is 19.1 Å². The number of hydrogen-bond donors (Lipinski definition) is 1. The molecule has 8 heteroatoms. The first kappa shape index (κ1) is 20.4. The summed E-state index contributed by atoms with van der Waals surface area (Å²) in [4.78, 5) is 29.2. The maximum atomic E-state index is 14.0. The van der Waals surface area contributed by atoms with Crippen molar-refractivity contribution in [3.8, 4) is 5.75 Å². The molecule has 0 aliphatic heterocycles. The van der Waals surface area contributed by atoms with Gasteiger partial charge in [-0.3, -0.25) is 4.79 Å². The number of Topliss-reactive ketones (excluding diaryl/α,β-unsaturated/α-hetero) is 1. The molecule has 0 saturated carbocycles. The standard InChI is InChI=1S/C19H18ClFN2O4/c1-23(12-5-7-13(27-2)8-6-12)11-3-4-15(19(25)26)17(24)14-9-10-22-18(20)16(14)21/h4-10H,3,11H2,1-2H3,(H,25,26). The smallest absolute Gasteiger partial charge is 0.339 e. The molecule has 6 nitrogen and oxygen atoms in total. The van der Waals surface area contributed by atoms with Crippen molar-refractivity contribution in [3.63, 3.8) is 0 Å². The molecule has 0 fully saturated rings. The molecule has 0 unspecified atom stereocenters. The average molecular weight is 393 g/mol. The molecule has 0 aliphatic rings. The fourth-order valence-electron chi connectivity index (χ4n) is 2.38. The van der Waals surface area contributed by atoms with Gasteiger partial charge in [0.05, 0.1) is 12.7 Å². The molecule has 0 atom stereocenters. The SMILES string of the molecule is COc1ccc(N(C)CCC=C(C(=O)O)C(=O)c2ccnc(Cl)c2F)cc1. The summed E-state index contributed by atoms with van der Waals surface area (Å²) in [6.07, 6.45) is 2.70. The maximum absolute atomic E-state index is 14.0. The second-order valence-corrected chi connectivity index (χ2v) is 5.98. The quantitative estimate of drug-likeness (QED) is 0.243. The molecule has 1 heterocycles. The summed E-state index contributed by atoms with van der Waals surface area (Å²) in [7, 11) is 3.41. The van der Waals surface area contributed by atoms with E-state index in [-0.39, 0.29) is 6.42 Å². The van der Waals surface area contributed by atoms with Crippen LogP contribution in [0.5, 0.6) is 5.75 Å². The Morgan fingerprint density at radius 1 is 1.30 bits per heavy atom. The van der Waals surface area contributed by atoms with E-state index in [4.69, 9.17) is 16.3 Å². The Labute approximate surface area is 160 Å². The number of carbonyl (C=O) groups is 2. The van der Waals surface area contributed by atoms with Crippen LogP contribution in [-0.2, 0) is 4.79 Å². The zero-order valence-corrected chi connectivity index (χ0v) is 15.5. The Balaban J connectivity index is 2.12. The Kier molecular flexibility index (Phi) is 6.90. The van der Waals surface area contributed by atoms with Crippen LogP contribution in [0.15, 0.2) is 48.2 Å². The van der Waals surface area contributed by atoms with Crippen LogP contribution in [0.3, 0.4) is 0 Å². The van der Waals surface area contributed by atoms with Crippen LogP contribution < -0.4 is 9.64 Å².